The van der Waals surface area contributed by atoms with Gasteiger partial charge < -0.3 is 9.47 Å². The van der Waals surface area contributed by atoms with Gasteiger partial charge in [0.15, 0.2) is 0 Å². The molecule has 0 aromatic heterocycles. The van der Waals surface area contributed by atoms with Crippen molar-refractivity contribution >= 4 is 11.9 Å². The minimum atomic E-state index is -0.0253. The normalized spacial score (nSPS) is 12.3. The van der Waals surface area contributed by atoms with E-state index in [0.29, 0.717) is 19.6 Å². The van der Waals surface area contributed by atoms with E-state index in [9.17, 15) is 9.59 Å². The van der Waals surface area contributed by atoms with Gasteiger partial charge in [0.25, 0.3) is 0 Å². The molecule has 0 aliphatic rings. The summed E-state index contributed by atoms with van der Waals surface area (Å²) in [5, 5.41) is 0. The van der Waals surface area contributed by atoms with E-state index in [1.807, 2.05) is 6.92 Å². The first kappa shape index (κ1) is 32.9. The van der Waals surface area contributed by atoms with Crippen LogP contribution < -0.4 is 0 Å². The van der Waals surface area contributed by atoms with E-state index in [1.54, 1.807) is 0 Å². The van der Waals surface area contributed by atoms with Crippen LogP contribution in [-0.4, -0.2) is 25.2 Å². The molecule has 0 heterocycles. The monoisotopic (exact) mass is 482 g/mol. The molecular weight excluding hydrogens is 424 g/mol. The van der Waals surface area contributed by atoms with Crippen LogP contribution in [0.2, 0.25) is 0 Å². The lowest BCUT2D eigenvalue weighted by Gasteiger charge is -2.11. The molecule has 4 heteroatoms. The van der Waals surface area contributed by atoms with E-state index < -0.39 is 0 Å². The molecule has 0 radical (unpaired) electrons. The number of hydrogen-bond acceptors (Lipinski definition) is 4. The van der Waals surface area contributed by atoms with Crippen molar-refractivity contribution in [1.29, 1.82) is 0 Å². The second-order valence-electron chi connectivity index (χ2n) is 11.1. The van der Waals surface area contributed by atoms with Gasteiger partial charge in [-0.25, -0.2) is 0 Å². The zero-order valence-electron chi connectivity index (χ0n) is 23.5. The van der Waals surface area contributed by atoms with Gasteiger partial charge in [-0.2, -0.15) is 0 Å². The SMILES string of the molecule is CC(C)CCCCCOC(=O)CCCCCCCCCCC(C)C(=O)OCCCCCC(C)C. The van der Waals surface area contributed by atoms with Crippen LogP contribution in [0.3, 0.4) is 0 Å². The highest BCUT2D eigenvalue weighted by Crippen LogP contribution is 2.15. The molecule has 4 nitrogen and oxygen atoms in total. The van der Waals surface area contributed by atoms with Crippen molar-refractivity contribution in [2.45, 2.75) is 150 Å². The van der Waals surface area contributed by atoms with Crippen LogP contribution in [-0.2, 0) is 19.1 Å². The topological polar surface area (TPSA) is 52.6 Å². The van der Waals surface area contributed by atoms with Crippen molar-refractivity contribution in [2.24, 2.45) is 17.8 Å². The van der Waals surface area contributed by atoms with Crippen LogP contribution >= 0.6 is 0 Å². The van der Waals surface area contributed by atoms with Crippen LogP contribution in [0.4, 0.5) is 0 Å². The predicted octanol–water partition coefficient (Wildman–Crippen LogP) is 9.04. The number of ether oxygens (including phenoxy) is 2. The first-order valence-electron chi connectivity index (χ1n) is 14.6. The molecule has 0 saturated heterocycles. The van der Waals surface area contributed by atoms with Gasteiger partial charge in [0.05, 0.1) is 19.1 Å². The molecule has 0 saturated carbocycles. The summed E-state index contributed by atoms with van der Waals surface area (Å²) >= 11 is 0. The van der Waals surface area contributed by atoms with Crippen LogP contribution in [0.25, 0.3) is 0 Å². The molecule has 0 aliphatic carbocycles. The summed E-state index contributed by atoms with van der Waals surface area (Å²) in [6.07, 6.45) is 20.1. The average Bonchev–Trinajstić information content (AvgIpc) is 2.78. The Morgan fingerprint density at radius 1 is 0.500 bits per heavy atom. The Hall–Kier alpha value is -1.06. The van der Waals surface area contributed by atoms with Gasteiger partial charge in [-0.1, -0.05) is 118 Å². The highest BCUT2D eigenvalue weighted by atomic mass is 16.5. The summed E-state index contributed by atoms with van der Waals surface area (Å²) in [5.41, 5.74) is 0. The van der Waals surface area contributed by atoms with Gasteiger partial charge in [-0.15, -0.1) is 0 Å². The van der Waals surface area contributed by atoms with Gasteiger partial charge in [0.2, 0.25) is 0 Å². The lowest BCUT2D eigenvalue weighted by atomic mass is 10.0. The zero-order chi connectivity index (χ0) is 25.4. The summed E-state index contributed by atoms with van der Waals surface area (Å²) in [6, 6.07) is 0. The Morgan fingerprint density at radius 2 is 0.912 bits per heavy atom. The molecule has 0 spiro atoms. The molecule has 0 bridgehead atoms. The van der Waals surface area contributed by atoms with E-state index in [-0.39, 0.29) is 17.9 Å². The minimum absolute atomic E-state index is 0.0199. The summed E-state index contributed by atoms with van der Waals surface area (Å²) in [7, 11) is 0. The van der Waals surface area contributed by atoms with Crippen molar-refractivity contribution in [3.63, 3.8) is 0 Å². The van der Waals surface area contributed by atoms with Gasteiger partial charge >= 0.3 is 11.9 Å². The Kier molecular flexibility index (Phi) is 22.9. The maximum absolute atomic E-state index is 12.1. The number of unbranched alkanes of at least 4 members (excludes halogenated alkanes) is 11. The van der Waals surface area contributed by atoms with E-state index in [1.165, 1.54) is 57.8 Å². The van der Waals surface area contributed by atoms with Crippen LogP contribution in [0, 0.1) is 17.8 Å². The van der Waals surface area contributed by atoms with Crippen molar-refractivity contribution < 1.29 is 19.1 Å². The lowest BCUT2D eigenvalue weighted by Crippen LogP contribution is -2.15. The molecule has 0 fully saturated rings. The molecule has 0 aromatic carbocycles. The third-order valence-corrected chi connectivity index (χ3v) is 6.53. The minimum Gasteiger partial charge on any atom is -0.466 e. The Morgan fingerprint density at radius 3 is 1.44 bits per heavy atom. The second kappa shape index (κ2) is 23.7. The molecule has 0 aliphatic heterocycles. The number of carbonyl (C=O) groups is 2. The number of esters is 2. The zero-order valence-corrected chi connectivity index (χ0v) is 23.5. The fourth-order valence-electron chi connectivity index (χ4n) is 4.13. The van der Waals surface area contributed by atoms with Gasteiger partial charge in [-0.3, -0.25) is 9.59 Å². The van der Waals surface area contributed by atoms with Crippen molar-refractivity contribution in [2.75, 3.05) is 13.2 Å². The molecule has 202 valence electrons. The second-order valence-corrected chi connectivity index (χ2v) is 11.1. The van der Waals surface area contributed by atoms with Gasteiger partial charge in [0, 0.05) is 6.42 Å². The highest BCUT2D eigenvalue weighted by molar-refractivity contribution is 5.71. The van der Waals surface area contributed by atoms with Crippen molar-refractivity contribution in [1.82, 2.24) is 0 Å². The summed E-state index contributed by atoms with van der Waals surface area (Å²) in [5.74, 6) is 1.50. The largest absolute Gasteiger partial charge is 0.466 e. The Labute approximate surface area is 212 Å². The summed E-state index contributed by atoms with van der Waals surface area (Å²) in [4.78, 5) is 23.8. The fourth-order valence-corrected chi connectivity index (χ4v) is 4.13. The third kappa shape index (κ3) is 24.1. The molecule has 34 heavy (non-hydrogen) atoms. The van der Waals surface area contributed by atoms with Gasteiger partial charge in [-0.05, 0) is 37.5 Å². The van der Waals surface area contributed by atoms with Crippen molar-refractivity contribution in [3.05, 3.63) is 0 Å². The van der Waals surface area contributed by atoms with E-state index in [4.69, 9.17) is 9.47 Å². The standard InChI is InChI=1S/C30H58O4/c1-26(2)20-14-12-18-24-33-29(31)23-17-11-9-7-6-8-10-16-22-28(5)30(32)34-25-19-13-15-21-27(3)4/h26-28H,6-25H2,1-5H3. The lowest BCUT2D eigenvalue weighted by molar-refractivity contribution is -0.148. The number of rotatable bonds is 24. The third-order valence-electron chi connectivity index (χ3n) is 6.53. The first-order valence-corrected chi connectivity index (χ1v) is 14.6. The number of carbonyl (C=O) groups excluding carboxylic acids is 2. The molecule has 0 aromatic rings. The molecule has 0 amide bonds. The van der Waals surface area contributed by atoms with E-state index in [0.717, 1.165) is 63.2 Å². The first-order chi connectivity index (χ1) is 16.3. The average molecular weight is 483 g/mol. The molecule has 1 atom stereocenters. The smallest absolute Gasteiger partial charge is 0.308 e. The quantitative estimate of drug-likeness (QED) is 0.102. The number of hydrogen-bond donors (Lipinski definition) is 0. The van der Waals surface area contributed by atoms with Crippen LogP contribution in [0.5, 0.6) is 0 Å². The van der Waals surface area contributed by atoms with Crippen molar-refractivity contribution in [3.8, 4) is 0 Å². The molecule has 1 unspecified atom stereocenters. The van der Waals surface area contributed by atoms with Gasteiger partial charge in [0.1, 0.15) is 0 Å². The van der Waals surface area contributed by atoms with Crippen LogP contribution in [0.15, 0.2) is 0 Å². The molecule has 0 N–H and O–H groups in total. The molecular formula is C30H58O4. The predicted molar refractivity (Wildman–Crippen MR) is 144 cm³/mol. The van der Waals surface area contributed by atoms with E-state index in [2.05, 4.69) is 27.7 Å². The highest BCUT2D eigenvalue weighted by Gasteiger charge is 2.13. The molecule has 0 rings (SSSR count). The Bertz CT molecular complexity index is 472. The summed E-state index contributed by atoms with van der Waals surface area (Å²) in [6.45, 7) is 12.2. The van der Waals surface area contributed by atoms with Crippen LogP contribution in [0.1, 0.15) is 150 Å². The maximum atomic E-state index is 12.1. The Balaban J connectivity index is 3.38. The fraction of sp³-hybridized carbons (Fsp3) is 0.933. The maximum Gasteiger partial charge on any atom is 0.308 e. The summed E-state index contributed by atoms with van der Waals surface area (Å²) < 4.78 is 10.8. The van der Waals surface area contributed by atoms with E-state index >= 15 is 0 Å².